The Balaban J connectivity index is 3.12. The molecule has 0 N–H and O–H groups in total. The van der Waals surface area contributed by atoms with Crippen molar-refractivity contribution in [3.05, 3.63) is 11.0 Å². The second-order valence-corrected chi connectivity index (χ2v) is 2.38. The topological polar surface area (TPSA) is 0 Å². The van der Waals surface area contributed by atoms with Crippen LogP contribution in [0.5, 0.6) is 0 Å². The molecule has 0 aliphatic rings. The van der Waals surface area contributed by atoms with E-state index in [4.69, 9.17) is 12.6 Å². The van der Waals surface area contributed by atoms with Crippen molar-refractivity contribution in [2.24, 2.45) is 0 Å². The summed E-state index contributed by atoms with van der Waals surface area (Å²) in [6, 6.07) is 0. The van der Waals surface area contributed by atoms with Gasteiger partial charge in [-0.15, -0.1) is 0 Å². The molecule has 0 aromatic heterocycles. The Bertz CT molecular complexity index is 74.5. The van der Waals surface area contributed by atoms with E-state index in [2.05, 4.69) is 6.92 Å². The molecular formula is C7H13S. The van der Waals surface area contributed by atoms with E-state index in [0.717, 1.165) is 11.3 Å². The van der Waals surface area contributed by atoms with Crippen molar-refractivity contribution in [3.63, 3.8) is 0 Å². The van der Waals surface area contributed by atoms with E-state index in [1.165, 1.54) is 12.8 Å². The van der Waals surface area contributed by atoms with Gasteiger partial charge in [0.15, 0.2) is 0 Å². The number of unbranched alkanes of at least 4 members (excludes halogenated alkanes) is 1. The highest BCUT2D eigenvalue weighted by molar-refractivity contribution is 7.84. The molecule has 0 spiro atoms. The summed E-state index contributed by atoms with van der Waals surface area (Å²) >= 11 is 4.97. The molecule has 0 nitrogen and oxygen atoms in total. The predicted octanol–water partition coefficient (Wildman–Crippen LogP) is 3.28. The van der Waals surface area contributed by atoms with Crippen molar-refractivity contribution >= 4 is 12.6 Å². The molecule has 0 fully saturated rings. The molecule has 47 valence electrons. The van der Waals surface area contributed by atoms with Crippen molar-refractivity contribution < 1.29 is 0 Å². The van der Waals surface area contributed by atoms with Gasteiger partial charge in [0, 0.05) is 4.91 Å². The Morgan fingerprint density at radius 2 is 2.25 bits per heavy atom. The van der Waals surface area contributed by atoms with E-state index in [0.29, 0.717) is 0 Å². The van der Waals surface area contributed by atoms with E-state index >= 15 is 0 Å². The van der Waals surface area contributed by atoms with E-state index in [-0.39, 0.29) is 0 Å². The minimum absolute atomic E-state index is 1.10. The quantitative estimate of drug-likeness (QED) is 0.548. The van der Waals surface area contributed by atoms with Crippen LogP contribution in [0.4, 0.5) is 0 Å². The van der Waals surface area contributed by atoms with Gasteiger partial charge in [-0.1, -0.05) is 32.0 Å². The third kappa shape index (κ3) is 4.13. The molecule has 1 radical (unpaired) electrons. The van der Waals surface area contributed by atoms with Gasteiger partial charge in [0.2, 0.25) is 0 Å². The summed E-state index contributed by atoms with van der Waals surface area (Å²) in [6.45, 7) is 4.18. The lowest BCUT2D eigenvalue weighted by Crippen LogP contribution is -1.71. The van der Waals surface area contributed by atoms with Gasteiger partial charge in [-0.05, 0) is 19.8 Å². The fourth-order valence-electron chi connectivity index (χ4n) is 0.495. The minimum Gasteiger partial charge on any atom is -0.0853 e. The fraction of sp³-hybridized carbons (Fsp3) is 0.714. The molecule has 0 amide bonds. The molecule has 0 aliphatic heterocycles. The maximum atomic E-state index is 4.97. The van der Waals surface area contributed by atoms with Crippen LogP contribution in [-0.2, 0) is 0 Å². The Hall–Kier alpha value is -0.0400. The van der Waals surface area contributed by atoms with Crippen molar-refractivity contribution in [3.8, 4) is 0 Å². The summed E-state index contributed by atoms with van der Waals surface area (Å²) in [7, 11) is 0. The second-order valence-electron chi connectivity index (χ2n) is 1.86. The van der Waals surface area contributed by atoms with E-state index in [9.17, 15) is 0 Å². The number of hydrogen-bond donors (Lipinski definition) is 0. The molecule has 0 saturated heterocycles. The molecule has 0 atom stereocenters. The summed E-state index contributed by atoms with van der Waals surface area (Å²) in [5, 5.41) is 0. The molecule has 0 bridgehead atoms. The van der Waals surface area contributed by atoms with Gasteiger partial charge in [-0.3, -0.25) is 0 Å². The Morgan fingerprint density at radius 1 is 1.62 bits per heavy atom. The molecule has 0 aliphatic carbocycles. The van der Waals surface area contributed by atoms with Crippen molar-refractivity contribution in [2.45, 2.75) is 33.1 Å². The number of rotatable bonds is 3. The lowest BCUT2D eigenvalue weighted by Gasteiger charge is -1.92. The van der Waals surface area contributed by atoms with Crippen molar-refractivity contribution in [2.75, 3.05) is 0 Å². The van der Waals surface area contributed by atoms with Gasteiger partial charge in [0.1, 0.15) is 0 Å². The van der Waals surface area contributed by atoms with Crippen molar-refractivity contribution in [1.82, 2.24) is 0 Å². The summed E-state index contributed by atoms with van der Waals surface area (Å²) in [5.74, 6) is 0. The largest absolute Gasteiger partial charge is 0.0853 e. The molecular weight excluding hydrogens is 116 g/mol. The first kappa shape index (κ1) is 7.96. The zero-order valence-electron chi connectivity index (χ0n) is 5.61. The van der Waals surface area contributed by atoms with Gasteiger partial charge >= 0.3 is 0 Å². The molecule has 0 aromatic carbocycles. The first-order valence-electron chi connectivity index (χ1n) is 3.13. The average molecular weight is 129 g/mol. The Kier molecular flexibility index (Phi) is 5.08. The fourth-order valence-corrected chi connectivity index (χ4v) is 0.640. The van der Waals surface area contributed by atoms with Gasteiger partial charge in [-0.2, -0.15) is 0 Å². The lowest BCUT2D eigenvalue weighted by atomic mass is 10.2. The maximum absolute atomic E-state index is 4.97. The van der Waals surface area contributed by atoms with Crippen LogP contribution >= 0.6 is 12.6 Å². The van der Waals surface area contributed by atoms with E-state index in [1.807, 2.05) is 13.0 Å². The molecule has 0 unspecified atom stereocenters. The van der Waals surface area contributed by atoms with Crippen LogP contribution < -0.4 is 0 Å². The van der Waals surface area contributed by atoms with Crippen LogP contribution in [0.3, 0.4) is 0 Å². The zero-order chi connectivity index (χ0) is 6.41. The summed E-state index contributed by atoms with van der Waals surface area (Å²) in [6.07, 6.45) is 5.59. The average Bonchev–Trinajstić information content (AvgIpc) is 1.83. The highest BCUT2D eigenvalue weighted by atomic mass is 32.1. The van der Waals surface area contributed by atoms with Crippen LogP contribution in [0, 0.1) is 0 Å². The lowest BCUT2D eigenvalue weighted by molar-refractivity contribution is 0.808. The maximum Gasteiger partial charge on any atom is 0.0109 e. The third-order valence-electron chi connectivity index (χ3n) is 1.10. The molecule has 1 heteroatoms. The van der Waals surface area contributed by atoms with Gasteiger partial charge in [0.05, 0.1) is 0 Å². The van der Waals surface area contributed by atoms with Gasteiger partial charge in [-0.25, -0.2) is 0 Å². The molecule has 0 aromatic rings. The van der Waals surface area contributed by atoms with Gasteiger partial charge in [0.25, 0.3) is 0 Å². The van der Waals surface area contributed by atoms with Gasteiger partial charge < -0.3 is 0 Å². The zero-order valence-corrected chi connectivity index (χ0v) is 6.42. The molecule has 0 heterocycles. The highest BCUT2D eigenvalue weighted by Gasteiger charge is 1.86. The second kappa shape index (κ2) is 5.10. The van der Waals surface area contributed by atoms with Crippen LogP contribution in [0.25, 0.3) is 0 Å². The van der Waals surface area contributed by atoms with E-state index < -0.39 is 0 Å². The van der Waals surface area contributed by atoms with Crippen LogP contribution in [0.15, 0.2) is 11.0 Å². The van der Waals surface area contributed by atoms with Crippen LogP contribution in [0.1, 0.15) is 33.1 Å². The Labute approximate surface area is 57.4 Å². The predicted molar refractivity (Wildman–Crippen MR) is 40.9 cm³/mol. The first-order valence-corrected chi connectivity index (χ1v) is 3.54. The standard InChI is InChI=1S/C7H13S/c1-3-5-6-7(8)4-2/h4H,3,5-6H2,1-2H3. The number of allylic oxidation sites excluding steroid dienone is 2. The van der Waals surface area contributed by atoms with Crippen LogP contribution in [-0.4, -0.2) is 0 Å². The first-order chi connectivity index (χ1) is 3.81. The summed E-state index contributed by atoms with van der Waals surface area (Å²) in [5.41, 5.74) is 0. The highest BCUT2D eigenvalue weighted by Crippen LogP contribution is 2.09. The number of hydrogen-bond acceptors (Lipinski definition) is 0. The third-order valence-corrected chi connectivity index (χ3v) is 1.54. The molecule has 8 heavy (non-hydrogen) atoms. The SMILES string of the molecule is CC=C([S])CCCC. The normalized spacial score (nSPS) is 12.0. The van der Waals surface area contributed by atoms with E-state index in [1.54, 1.807) is 0 Å². The molecule has 0 rings (SSSR count). The Morgan fingerprint density at radius 3 is 2.62 bits per heavy atom. The van der Waals surface area contributed by atoms with Crippen molar-refractivity contribution in [1.29, 1.82) is 0 Å². The molecule has 0 saturated carbocycles. The summed E-state index contributed by atoms with van der Waals surface area (Å²) < 4.78 is 0. The summed E-state index contributed by atoms with van der Waals surface area (Å²) in [4.78, 5) is 1.10. The monoisotopic (exact) mass is 129 g/mol. The smallest absolute Gasteiger partial charge is 0.0109 e. The minimum atomic E-state index is 1.10. The van der Waals surface area contributed by atoms with Crippen LogP contribution in [0.2, 0.25) is 0 Å².